The third-order valence-electron chi connectivity index (χ3n) is 2.25. The molecule has 8 heteroatoms. The molecule has 8 nitrogen and oxygen atoms in total. The number of nitrogen functional groups attached to an aromatic ring is 1. The van der Waals surface area contributed by atoms with Gasteiger partial charge < -0.3 is 16.4 Å². The number of aromatic nitrogens is 3. The zero-order valence-corrected chi connectivity index (χ0v) is 10.1. The number of carbonyl (C=O) groups excluding carboxylic acids is 2. The first kappa shape index (κ1) is 12.6. The van der Waals surface area contributed by atoms with E-state index in [9.17, 15) is 9.59 Å². The van der Waals surface area contributed by atoms with E-state index in [0.29, 0.717) is 11.4 Å². The summed E-state index contributed by atoms with van der Waals surface area (Å²) in [7, 11) is 0. The van der Waals surface area contributed by atoms with E-state index in [0.717, 1.165) is 0 Å². The van der Waals surface area contributed by atoms with Crippen molar-refractivity contribution >= 4 is 29.0 Å². The third-order valence-corrected chi connectivity index (χ3v) is 2.25. The van der Waals surface area contributed by atoms with Crippen molar-refractivity contribution in [1.29, 1.82) is 0 Å². The SMILES string of the molecule is CC(=O)Nc1ccc(NC(=O)c2n[nH]nc2N)cc1. The summed E-state index contributed by atoms with van der Waals surface area (Å²) in [5, 5.41) is 14.7. The fraction of sp³-hybridized carbons (Fsp3) is 0.0909. The highest BCUT2D eigenvalue weighted by Gasteiger charge is 2.13. The first-order valence-corrected chi connectivity index (χ1v) is 5.41. The number of carbonyl (C=O) groups is 2. The summed E-state index contributed by atoms with van der Waals surface area (Å²) < 4.78 is 0. The van der Waals surface area contributed by atoms with Crippen LogP contribution in [0.15, 0.2) is 24.3 Å². The fourth-order valence-electron chi connectivity index (χ4n) is 1.44. The van der Waals surface area contributed by atoms with Crippen LogP contribution in [0, 0.1) is 0 Å². The van der Waals surface area contributed by atoms with Crippen LogP contribution >= 0.6 is 0 Å². The average molecular weight is 260 g/mol. The van der Waals surface area contributed by atoms with E-state index in [4.69, 9.17) is 5.73 Å². The molecule has 0 radical (unpaired) electrons. The molecule has 2 rings (SSSR count). The first-order chi connectivity index (χ1) is 9.06. The van der Waals surface area contributed by atoms with Crippen molar-refractivity contribution in [2.75, 3.05) is 16.4 Å². The number of benzene rings is 1. The molecule has 0 bridgehead atoms. The first-order valence-electron chi connectivity index (χ1n) is 5.41. The lowest BCUT2D eigenvalue weighted by Crippen LogP contribution is -2.14. The molecular weight excluding hydrogens is 248 g/mol. The van der Waals surface area contributed by atoms with Crippen LogP contribution in [0.5, 0.6) is 0 Å². The van der Waals surface area contributed by atoms with E-state index in [2.05, 4.69) is 26.0 Å². The molecule has 2 aromatic rings. The van der Waals surface area contributed by atoms with Gasteiger partial charge in [0, 0.05) is 18.3 Å². The normalized spacial score (nSPS) is 9.95. The summed E-state index contributed by atoms with van der Waals surface area (Å²) in [6.07, 6.45) is 0. The second kappa shape index (κ2) is 5.17. The fourth-order valence-corrected chi connectivity index (χ4v) is 1.44. The number of H-pyrrole nitrogens is 1. The lowest BCUT2D eigenvalue weighted by atomic mass is 10.2. The van der Waals surface area contributed by atoms with Crippen LogP contribution in [0.2, 0.25) is 0 Å². The summed E-state index contributed by atoms with van der Waals surface area (Å²) in [5.41, 5.74) is 6.70. The molecule has 0 aliphatic carbocycles. The summed E-state index contributed by atoms with van der Waals surface area (Å²) in [5.74, 6) is -0.585. The van der Waals surface area contributed by atoms with Crippen molar-refractivity contribution in [2.24, 2.45) is 0 Å². The maximum atomic E-state index is 11.8. The molecule has 0 saturated carbocycles. The van der Waals surface area contributed by atoms with E-state index in [1.165, 1.54) is 6.92 Å². The lowest BCUT2D eigenvalue weighted by Gasteiger charge is -2.05. The van der Waals surface area contributed by atoms with Gasteiger partial charge in [-0.25, -0.2) is 0 Å². The van der Waals surface area contributed by atoms with Crippen LogP contribution in [0.1, 0.15) is 17.4 Å². The van der Waals surface area contributed by atoms with Gasteiger partial charge in [-0.05, 0) is 24.3 Å². The average Bonchev–Trinajstić information content (AvgIpc) is 2.77. The van der Waals surface area contributed by atoms with Crippen LogP contribution < -0.4 is 16.4 Å². The lowest BCUT2D eigenvalue weighted by molar-refractivity contribution is -0.114. The molecule has 0 aliphatic rings. The monoisotopic (exact) mass is 260 g/mol. The largest absolute Gasteiger partial charge is 0.380 e. The number of rotatable bonds is 3. The van der Waals surface area contributed by atoms with Gasteiger partial charge in [0.15, 0.2) is 11.5 Å². The number of aromatic amines is 1. The molecule has 2 amide bonds. The molecule has 0 saturated heterocycles. The topological polar surface area (TPSA) is 126 Å². The summed E-state index contributed by atoms with van der Waals surface area (Å²) >= 11 is 0. The smallest absolute Gasteiger partial charge is 0.280 e. The van der Waals surface area contributed by atoms with Gasteiger partial charge in [-0.3, -0.25) is 9.59 Å². The van der Waals surface area contributed by atoms with Crippen LogP contribution in [0.25, 0.3) is 0 Å². The molecule has 5 N–H and O–H groups in total. The van der Waals surface area contributed by atoms with Gasteiger partial charge >= 0.3 is 0 Å². The number of amides is 2. The third kappa shape index (κ3) is 3.06. The van der Waals surface area contributed by atoms with Crippen LogP contribution in [0.4, 0.5) is 17.2 Å². The highest BCUT2D eigenvalue weighted by molar-refractivity contribution is 6.05. The van der Waals surface area contributed by atoms with Crippen molar-refractivity contribution < 1.29 is 9.59 Å². The molecule has 98 valence electrons. The standard InChI is InChI=1S/C11H12N6O2/c1-6(18)13-7-2-4-8(5-3-7)14-11(19)9-10(12)16-17-15-9/h2-5H,1H3,(H,13,18)(H,14,19)(H3,12,15,16,17). The Morgan fingerprint density at radius 2 is 1.68 bits per heavy atom. The number of nitrogens with one attached hydrogen (secondary N) is 3. The van der Waals surface area contributed by atoms with E-state index in [1.807, 2.05) is 0 Å². The highest BCUT2D eigenvalue weighted by Crippen LogP contribution is 2.15. The predicted molar refractivity (Wildman–Crippen MR) is 69.5 cm³/mol. The Labute approximate surface area is 108 Å². The second-order valence-corrected chi connectivity index (χ2v) is 3.77. The van der Waals surface area contributed by atoms with Crippen LogP contribution in [0.3, 0.4) is 0 Å². The van der Waals surface area contributed by atoms with Crippen molar-refractivity contribution in [3.05, 3.63) is 30.0 Å². The maximum Gasteiger partial charge on any atom is 0.280 e. The van der Waals surface area contributed by atoms with Gasteiger partial charge in [-0.1, -0.05) is 0 Å². The molecule has 0 fully saturated rings. The van der Waals surface area contributed by atoms with Crippen molar-refractivity contribution in [2.45, 2.75) is 6.92 Å². The van der Waals surface area contributed by atoms with Gasteiger partial charge in [0.25, 0.3) is 5.91 Å². The van der Waals surface area contributed by atoms with Gasteiger partial charge in [0.1, 0.15) is 0 Å². The Morgan fingerprint density at radius 3 is 2.16 bits per heavy atom. The molecule has 0 spiro atoms. The minimum atomic E-state index is -0.460. The Kier molecular flexibility index (Phi) is 3.42. The summed E-state index contributed by atoms with van der Waals surface area (Å²) in [6.45, 7) is 1.42. The predicted octanol–water partition coefficient (Wildman–Crippen LogP) is 0.598. The molecular formula is C11H12N6O2. The van der Waals surface area contributed by atoms with Crippen LogP contribution in [-0.2, 0) is 4.79 Å². The molecule has 1 aromatic heterocycles. The number of hydrogen-bond acceptors (Lipinski definition) is 5. The number of hydrogen-bond donors (Lipinski definition) is 4. The van der Waals surface area contributed by atoms with Crippen molar-refractivity contribution in [1.82, 2.24) is 15.4 Å². The zero-order valence-electron chi connectivity index (χ0n) is 10.1. The highest BCUT2D eigenvalue weighted by atomic mass is 16.2. The molecule has 0 aliphatic heterocycles. The Bertz CT molecular complexity index is 604. The molecule has 1 heterocycles. The van der Waals surface area contributed by atoms with E-state index >= 15 is 0 Å². The van der Waals surface area contributed by atoms with Gasteiger partial charge in [0.05, 0.1) is 0 Å². The maximum absolute atomic E-state index is 11.8. The number of anilines is 3. The van der Waals surface area contributed by atoms with Crippen molar-refractivity contribution in [3.8, 4) is 0 Å². The zero-order chi connectivity index (χ0) is 13.8. The summed E-state index contributed by atoms with van der Waals surface area (Å²) in [4.78, 5) is 22.6. The molecule has 19 heavy (non-hydrogen) atoms. The van der Waals surface area contributed by atoms with Crippen molar-refractivity contribution in [3.63, 3.8) is 0 Å². The van der Waals surface area contributed by atoms with Gasteiger partial charge in [0.2, 0.25) is 5.91 Å². The Hall–Kier alpha value is -2.90. The van der Waals surface area contributed by atoms with E-state index < -0.39 is 5.91 Å². The van der Waals surface area contributed by atoms with E-state index in [1.54, 1.807) is 24.3 Å². The minimum absolute atomic E-state index is 0.0333. The molecule has 0 unspecified atom stereocenters. The Balaban J connectivity index is 2.06. The molecule has 1 aromatic carbocycles. The molecule has 0 atom stereocenters. The van der Waals surface area contributed by atoms with E-state index in [-0.39, 0.29) is 17.4 Å². The minimum Gasteiger partial charge on any atom is -0.380 e. The number of nitrogens with zero attached hydrogens (tertiary/aromatic N) is 2. The quantitative estimate of drug-likeness (QED) is 0.642. The Morgan fingerprint density at radius 1 is 1.11 bits per heavy atom. The van der Waals surface area contributed by atoms with Gasteiger partial charge in [-0.2, -0.15) is 5.21 Å². The summed E-state index contributed by atoms with van der Waals surface area (Å²) in [6, 6.07) is 6.64. The van der Waals surface area contributed by atoms with Gasteiger partial charge in [-0.15, -0.1) is 10.2 Å². The van der Waals surface area contributed by atoms with Crippen LogP contribution in [-0.4, -0.2) is 27.2 Å². The number of nitrogens with two attached hydrogens (primary N) is 1. The second-order valence-electron chi connectivity index (χ2n) is 3.77.